The number of nitrogens with one attached hydrogen (secondary N) is 2. The Morgan fingerprint density at radius 3 is 2.52 bits per heavy atom. The van der Waals surface area contributed by atoms with Gasteiger partial charge < -0.3 is 20.8 Å². The highest BCUT2D eigenvalue weighted by atomic mass is 35.5. The van der Waals surface area contributed by atoms with Crippen molar-refractivity contribution >= 4 is 29.1 Å². The largest absolute Gasteiger partial charge is 0.395 e. The topological polar surface area (TPSA) is 102 Å². The number of anilines is 1. The number of hydrogen-bond acceptors (Lipinski definition) is 5. The molecule has 176 valence electrons. The zero-order valence-corrected chi connectivity index (χ0v) is 19.0. The Morgan fingerprint density at radius 1 is 1.21 bits per heavy atom. The van der Waals surface area contributed by atoms with E-state index < -0.39 is 11.7 Å². The summed E-state index contributed by atoms with van der Waals surface area (Å²) in [6.45, 7) is 2.84. The fraction of sp³-hybridized carbons (Fsp3) is 0.333. The van der Waals surface area contributed by atoms with Gasteiger partial charge in [-0.25, -0.2) is 4.39 Å². The predicted molar refractivity (Wildman–Crippen MR) is 124 cm³/mol. The van der Waals surface area contributed by atoms with E-state index in [-0.39, 0.29) is 31.4 Å². The zero-order chi connectivity index (χ0) is 24.0. The molecular weight excluding hydrogens is 449 g/mol. The first-order valence-corrected chi connectivity index (χ1v) is 11.0. The summed E-state index contributed by atoms with van der Waals surface area (Å²) >= 11 is 6.41. The summed E-state index contributed by atoms with van der Waals surface area (Å²) in [5.41, 5.74) is 3.08. The summed E-state index contributed by atoms with van der Waals surface area (Å²) in [6.07, 6.45) is 1.47. The first-order valence-electron chi connectivity index (χ1n) is 10.6. The second-order valence-electron chi connectivity index (χ2n) is 7.91. The van der Waals surface area contributed by atoms with E-state index in [2.05, 4.69) is 10.6 Å². The summed E-state index contributed by atoms with van der Waals surface area (Å²) in [6, 6.07) is 9.27. The minimum atomic E-state index is -0.504. The lowest BCUT2D eigenvalue weighted by Gasteiger charge is -2.25. The molecule has 0 aromatic heterocycles. The number of aliphatic hydroxyl groups is 2. The van der Waals surface area contributed by atoms with E-state index >= 15 is 0 Å². The van der Waals surface area contributed by atoms with Gasteiger partial charge in [-0.1, -0.05) is 23.7 Å². The summed E-state index contributed by atoms with van der Waals surface area (Å²) in [5, 5.41) is 24.5. The molecule has 0 bridgehead atoms. The standard InChI is InChI=1S/C24H27ClFN3O4/c1-15-10-21(25)17(14-29(6-8-30)7-9-31)11-22(15)28-24(33)20-13-27-23(32)12-19(20)16-2-4-18(26)5-3-16/h2-5,10-11,13,19,30-31H,6-9,12,14H2,1H3,(H,27,32)(H,28,33)/t19-/m0/s1. The number of carbonyl (C=O) groups excluding carboxylic acids is 2. The fourth-order valence-electron chi connectivity index (χ4n) is 3.79. The van der Waals surface area contributed by atoms with Crippen molar-refractivity contribution in [2.24, 2.45) is 0 Å². The molecule has 2 amide bonds. The third-order valence-corrected chi connectivity index (χ3v) is 5.91. The molecule has 0 saturated heterocycles. The highest BCUT2D eigenvalue weighted by molar-refractivity contribution is 6.31. The third-order valence-electron chi connectivity index (χ3n) is 5.56. The molecule has 7 nitrogen and oxygen atoms in total. The molecule has 1 heterocycles. The van der Waals surface area contributed by atoms with Gasteiger partial charge in [-0.15, -0.1) is 0 Å². The molecule has 1 aliphatic heterocycles. The highest BCUT2D eigenvalue weighted by Crippen LogP contribution is 2.32. The summed E-state index contributed by atoms with van der Waals surface area (Å²) in [5.74, 6) is -1.51. The molecule has 0 radical (unpaired) electrons. The molecule has 3 rings (SSSR count). The number of benzene rings is 2. The Kier molecular flexibility index (Phi) is 8.57. The molecule has 2 aromatic rings. The van der Waals surface area contributed by atoms with E-state index in [1.165, 1.54) is 18.3 Å². The van der Waals surface area contributed by atoms with E-state index in [4.69, 9.17) is 11.6 Å². The minimum absolute atomic E-state index is 0.0578. The molecule has 0 aliphatic carbocycles. The van der Waals surface area contributed by atoms with Crippen LogP contribution in [0.25, 0.3) is 0 Å². The number of nitrogens with zero attached hydrogens (tertiary/aromatic N) is 1. The minimum Gasteiger partial charge on any atom is -0.395 e. The van der Waals surface area contributed by atoms with Crippen molar-refractivity contribution in [1.82, 2.24) is 10.2 Å². The maximum atomic E-state index is 13.4. The summed E-state index contributed by atoms with van der Waals surface area (Å²) in [4.78, 5) is 27.0. The average Bonchev–Trinajstić information content (AvgIpc) is 2.77. The van der Waals surface area contributed by atoms with Gasteiger partial charge in [0, 0.05) is 54.5 Å². The fourth-order valence-corrected chi connectivity index (χ4v) is 4.07. The summed E-state index contributed by atoms with van der Waals surface area (Å²) < 4.78 is 13.4. The number of aliphatic hydroxyl groups excluding tert-OH is 2. The highest BCUT2D eigenvalue weighted by Gasteiger charge is 2.29. The van der Waals surface area contributed by atoms with Crippen LogP contribution in [0.1, 0.15) is 29.0 Å². The monoisotopic (exact) mass is 475 g/mol. The average molecular weight is 476 g/mol. The van der Waals surface area contributed by atoms with E-state index in [9.17, 15) is 24.2 Å². The Bertz CT molecular complexity index is 1040. The van der Waals surface area contributed by atoms with Gasteiger partial charge in [0.25, 0.3) is 5.91 Å². The molecule has 0 saturated carbocycles. The number of amides is 2. The Balaban J connectivity index is 1.84. The molecule has 1 atom stereocenters. The molecular formula is C24H27ClFN3O4. The number of carbonyl (C=O) groups is 2. The first kappa shape index (κ1) is 24.9. The van der Waals surface area contributed by atoms with Gasteiger partial charge in [0.1, 0.15) is 5.82 Å². The predicted octanol–water partition coefficient (Wildman–Crippen LogP) is 2.70. The van der Waals surface area contributed by atoms with Crippen molar-refractivity contribution in [2.75, 3.05) is 31.6 Å². The first-order chi connectivity index (χ1) is 15.8. The molecule has 0 spiro atoms. The van der Waals surface area contributed by atoms with E-state index in [0.717, 1.165) is 11.1 Å². The van der Waals surface area contributed by atoms with Crippen molar-refractivity contribution in [3.8, 4) is 0 Å². The van der Waals surface area contributed by atoms with Crippen LogP contribution < -0.4 is 10.6 Å². The second kappa shape index (κ2) is 11.4. The van der Waals surface area contributed by atoms with Gasteiger partial charge in [0.2, 0.25) is 5.91 Å². The van der Waals surface area contributed by atoms with E-state index in [0.29, 0.717) is 41.5 Å². The van der Waals surface area contributed by atoms with Crippen LogP contribution in [0.4, 0.5) is 10.1 Å². The molecule has 9 heteroatoms. The van der Waals surface area contributed by atoms with Gasteiger partial charge in [-0.3, -0.25) is 14.5 Å². The molecule has 0 fully saturated rings. The molecule has 33 heavy (non-hydrogen) atoms. The van der Waals surface area contributed by atoms with Crippen molar-refractivity contribution in [1.29, 1.82) is 0 Å². The lowest BCUT2D eigenvalue weighted by molar-refractivity contribution is -0.121. The van der Waals surface area contributed by atoms with Crippen LogP contribution in [0.2, 0.25) is 5.02 Å². The van der Waals surface area contributed by atoms with Crippen molar-refractivity contribution in [2.45, 2.75) is 25.8 Å². The second-order valence-corrected chi connectivity index (χ2v) is 8.32. The Labute approximate surface area is 196 Å². The van der Waals surface area contributed by atoms with Crippen molar-refractivity contribution in [3.63, 3.8) is 0 Å². The van der Waals surface area contributed by atoms with Crippen LogP contribution in [0, 0.1) is 12.7 Å². The lowest BCUT2D eigenvalue weighted by Crippen LogP contribution is -2.32. The van der Waals surface area contributed by atoms with Gasteiger partial charge in [-0.05, 0) is 47.9 Å². The van der Waals surface area contributed by atoms with Gasteiger partial charge in [0.15, 0.2) is 0 Å². The van der Waals surface area contributed by atoms with Crippen molar-refractivity contribution < 1.29 is 24.2 Å². The van der Waals surface area contributed by atoms with Crippen LogP contribution in [0.15, 0.2) is 48.2 Å². The Hall–Kier alpha value is -2.78. The normalized spacial score (nSPS) is 15.9. The SMILES string of the molecule is Cc1cc(Cl)c(CN(CCO)CCO)cc1NC(=O)C1=CNC(=O)C[C@H]1c1ccc(F)cc1. The van der Waals surface area contributed by atoms with Gasteiger partial charge >= 0.3 is 0 Å². The number of hydrogen-bond donors (Lipinski definition) is 4. The molecule has 1 aliphatic rings. The van der Waals surface area contributed by atoms with Crippen molar-refractivity contribution in [3.05, 3.63) is 75.7 Å². The maximum absolute atomic E-state index is 13.4. The van der Waals surface area contributed by atoms with Gasteiger partial charge in [0.05, 0.1) is 13.2 Å². The molecule has 0 unspecified atom stereocenters. The Morgan fingerprint density at radius 2 is 1.88 bits per heavy atom. The molecule has 4 N–H and O–H groups in total. The van der Waals surface area contributed by atoms with Crippen LogP contribution in [0.3, 0.4) is 0 Å². The number of rotatable bonds is 9. The summed E-state index contributed by atoms with van der Waals surface area (Å²) in [7, 11) is 0. The van der Waals surface area contributed by atoms with Crippen LogP contribution >= 0.6 is 11.6 Å². The third kappa shape index (κ3) is 6.39. The van der Waals surface area contributed by atoms with Crippen LogP contribution in [-0.2, 0) is 16.1 Å². The van der Waals surface area contributed by atoms with Crippen LogP contribution in [0.5, 0.6) is 0 Å². The quantitative estimate of drug-likeness (QED) is 0.446. The van der Waals surface area contributed by atoms with E-state index in [1.54, 1.807) is 24.3 Å². The van der Waals surface area contributed by atoms with Gasteiger partial charge in [-0.2, -0.15) is 0 Å². The lowest BCUT2D eigenvalue weighted by atomic mass is 9.86. The zero-order valence-electron chi connectivity index (χ0n) is 18.3. The smallest absolute Gasteiger partial charge is 0.253 e. The van der Waals surface area contributed by atoms with E-state index in [1.807, 2.05) is 11.8 Å². The number of aryl methyl sites for hydroxylation is 1. The van der Waals surface area contributed by atoms with Crippen LogP contribution in [-0.4, -0.2) is 53.2 Å². The molecule has 2 aromatic carbocycles. The maximum Gasteiger partial charge on any atom is 0.253 e. The number of halogens is 2.